The molecule has 1 saturated heterocycles. The zero-order chi connectivity index (χ0) is 30.9. The number of halogens is 4. The number of aryl methyl sites for hydroxylation is 1. The van der Waals surface area contributed by atoms with E-state index in [-0.39, 0.29) is 6.04 Å². The van der Waals surface area contributed by atoms with Crippen LogP contribution in [0.3, 0.4) is 0 Å². The molecule has 3 heterocycles. The number of pyridine rings is 1. The normalized spacial score (nSPS) is 15.9. The molecule has 4 rings (SSSR count). The topological polar surface area (TPSA) is 146 Å². The molecule has 2 atom stereocenters. The molecule has 14 heteroatoms. The molecule has 224 valence electrons. The SMILES string of the molecule is CCn1cc(-c2cccc(C(NC(=O)c3nccc(C(F)(F)F)c3Cl)[C@@H]3CCCCN3)c2)cn1.O=C(O)/C=C\C(=O)O. The van der Waals surface area contributed by atoms with E-state index in [0.717, 1.165) is 61.3 Å². The highest BCUT2D eigenvalue weighted by Crippen LogP contribution is 2.36. The molecule has 10 nitrogen and oxygen atoms in total. The van der Waals surface area contributed by atoms with Crippen LogP contribution in [-0.2, 0) is 22.3 Å². The Labute approximate surface area is 244 Å². The Morgan fingerprint density at radius 3 is 2.45 bits per heavy atom. The van der Waals surface area contributed by atoms with Crippen molar-refractivity contribution in [1.29, 1.82) is 0 Å². The number of alkyl halides is 3. The minimum atomic E-state index is -4.68. The van der Waals surface area contributed by atoms with Crippen LogP contribution >= 0.6 is 11.6 Å². The number of carboxylic acids is 2. The third kappa shape index (κ3) is 8.88. The smallest absolute Gasteiger partial charge is 0.417 e. The molecule has 0 saturated carbocycles. The van der Waals surface area contributed by atoms with Crippen molar-refractivity contribution < 1.29 is 37.8 Å². The van der Waals surface area contributed by atoms with Crippen LogP contribution in [0.2, 0.25) is 5.02 Å². The molecule has 2 aromatic heterocycles. The molecule has 3 aromatic rings. The molecule has 1 aliphatic heterocycles. The summed E-state index contributed by atoms with van der Waals surface area (Å²) in [6, 6.07) is 7.91. The van der Waals surface area contributed by atoms with Gasteiger partial charge < -0.3 is 20.8 Å². The number of amides is 1. The molecule has 0 spiro atoms. The molecule has 1 fully saturated rings. The Morgan fingerprint density at radius 1 is 1.17 bits per heavy atom. The van der Waals surface area contributed by atoms with Crippen molar-refractivity contribution in [2.24, 2.45) is 0 Å². The van der Waals surface area contributed by atoms with Crippen LogP contribution in [0, 0.1) is 0 Å². The van der Waals surface area contributed by atoms with Gasteiger partial charge in [0, 0.05) is 42.7 Å². The Balaban J connectivity index is 0.000000531. The largest absolute Gasteiger partial charge is 0.478 e. The Bertz CT molecular complexity index is 1420. The van der Waals surface area contributed by atoms with Crippen LogP contribution in [0.4, 0.5) is 13.2 Å². The summed E-state index contributed by atoms with van der Waals surface area (Å²) in [7, 11) is 0. The highest BCUT2D eigenvalue weighted by atomic mass is 35.5. The van der Waals surface area contributed by atoms with E-state index in [0.29, 0.717) is 12.2 Å². The van der Waals surface area contributed by atoms with Crippen LogP contribution in [0.15, 0.2) is 61.1 Å². The van der Waals surface area contributed by atoms with E-state index in [1.807, 2.05) is 42.1 Å². The van der Waals surface area contributed by atoms with Crippen molar-refractivity contribution in [3.63, 3.8) is 0 Å². The number of rotatable bonds is 8. The number of aliphatic carboxylic acids is 2. The van der Waals surface area contributed by atoms with Gasteiger partial charge in [-0.1, -0.05) is 36.2 Å². The fraction of sp³-hybridized carbons (Fsp3) is 0.321. The lowest BCUT2D eigenvalue weighted by molar-refractivity contribution is -0.137. The number of carbonyl (C=O) groups is 3. The molecule has 0 aliphatic carbocycles. The van der Waals surface area contributed by atoms with Gasteiger partial charge in [0.2, 0.25) is 0 Å². The number of hydrogen-bond donors (Lipinski definition) is 4. The van der Waals surface area contributed by atoms with Crippen molar-refractivity contribution in [3.8, 4) is 11.1 Å². The van der Waals surface area contributed by atoms with Gasteiger partial charge in [0.15, 0.2) is 0 Å². The Morgan fingerprint density at radius 2 is 1.88 bits per heavy atom. The van der Waals surface area contributed by atoms with Crippen LogP contribution in [0.5, 0.6) is 0 Å². The summed E-state index contributed by atoms with van der Waals surface area (Å²) in [5.74, 6) is -3.27. The highest BCUT2D eigenvalue weighted by molar-refractivity contribution is 6.34. The summed E-state index contributed by atoms with van der Waals surface area (Å²) < 4.78 is 41.7. The minimum Gasteiger partial charge on any atom is -0.478 e. The van der Waals surface area contributed by atoms with E-state index in [4.69, 9.17) is 21.8 Å². The third-order valence-corrected chi connectivity index (χ3v) is 6.73. The van der Waals surface area contributed by atoms with E-state index in [1.165, 1.54) is 0 Å². The lowest BCUT2D eigenvalue weighted by atomic mass is 9.91. The fourth-order valence-corrected chi connectivity index (χ4v) is 4.65. The molecule has 0 bridgehead atoms. The van der Waals surface area contributed by atoms with Crippen molar-refractivity contribution in [2.75, 3.05) is 6.54 Å². The van der Waals surface area contributed by atoms with Crippen molar-refractivity contribution in [3.05, 3.63) is 82.9 Å². The standard InChI is InChI=1S/C24H25ClF3N5O.C4H4O4/c1-2-33-14-17(13-31-33)15-6-5-7-16(12-15)21(19-8-3-4-10-29-19)32-23(34)22-20(25)18(9-11-30-22)24(26,27)28;5-3(6)1-2-4(7)8/h5-7,9,11-14,19,21,29H,2-4,8,10H2,1H3,(H,32,34);1-2H,(H,5,6)(H,7,8)/b;2-1-/t19-,21?;/m0./s1. The van der Waals surface area contributed by atoms with E-state index < -0.39 is 46.3 Å². The lowest BCUT2D eigenvalue weighted by Gasteiger charge is -2.32. The van der Waals surface area contributed by atoms with Gasteiger partial charge in [0.1, 0.15) is 5.69 Å². The van der Waals surface area contributed by atoms with Crippen LogP contribution in [-0.4, -0.2) is 55.4 Å². The van der Waals surface area contributed by atoms with E-state index >= 15 is 0 Å². The van der Waals surface area contributed by atoms with E-state index in [9.17, 15) is 27.6 Å². The molecular weight excluding hydrogens is 579 g/mol. The molecule has 4 N–H and O–H groups in total. The summed E-state index contributed by atoms with van der Waals surface area (Å²) >= 11 is 5.96. The number of carbonyl (C=O) groups excluding carboxylic acids is 1. The third-order valence-electron chi connectivity index (χ3n) is 6.35. The lowest BCUT2D eigenvalue weighted by Crippen LogP contribution is -2.46. The fourth-order valence-electron chi connectivity index (χ4n) is 4.35. The molecule has 1 amide bonds. The minimum absolute atomic E-state index is 0.0871. The molecule has 1 aromatic carbocycles. The first-order valence-corrected chi connectivity index (χ1v) is 13.3. The van der Waals surface area contributed by atoms with Gasteiger partial charge in [-0.15, -0.1) is 0 Å². The maximum atomic E-state index is 13.3. The van der Waals surface area contributed by atoms with Gasteiger partial charge in [-0.05, 0) is 49.6 Å². The van der Waals surface area contributed by atoms with Gasteiger partial charge in [0.25, 0.3) is 5.91 Å². The number of aromatic nitrogens is 3. The average molecular weight is 608 g/mol. The number of benzene rings is 1. The quantitative estimate of drug-likeness (QED) is 0.263. The predicted octanol–water partition coefficient (Wildman–Crippen LogP) is 4.96. The van der Waals surface area contributed by atoms with Gasteiger partial charge in [0.05, 0.1) is 22.8 Å². The molecule has 1 aliphatic rings. The van der Waals surface area contributed by atoms with Crippen LogP contribution in [0.1, 0.15) is 53.8 Å². The number of nitrogens with zero attached hydrogens (tertiary/aromatic N) is 3. The first-order valence-electron chi connectivity index (χ1n) is 12.9. The number of nitrogens with one attached hydrogen (secondary N) is 2. The van der Waals surface area contributed by atoms with Crippen molar-refractivity contribution >= 4 is 29.4 Å². The van der Waals surface area contributed by atoms with E-state index in [2.05, 4.69) is 20.7 Å². The monoisotopic (exact) mass is 607 g/mol. The summed E-state index contributed by atoms with van der Waals surface area (Å²) in [6.07, 6.45) is 3.92. The Hall–Kier alpha value is -4.23. The summed E-state index contributed by atoms with van der Waals surface area (Å²) in [5, 5.41) is 25.6. The Kier molecular flexibility index (Phi) is 11.2. The summed E-state index contributed by atoms with van der Waals surface area (Å²) in [5.41, 5.74) is 1.17. The highest BCUT2D eigenvalue weighted by Gasteiger charge is 2.36. The van der Waals surface area contributed by atoms with Crippen molar-refractivity contribution in [2.45, 2.75) is 51.0 Å². The first-order chi connectivity index (χ1) is 19.9. The summed E-state index contributed by atoms with van der Waals surface area (Å²) in [4.78, 5) is 36.1. The predicted molar refractivity (Wildman–Crippen MR) is 148 cm³/mol. The second-order valence-electron chi connectivity index (χ2n) is 9.25. The van der Waals surface area contributed by atoms with Gasteiger partial charge in [-0.2, -0.15) is 18.3 Å². The second kappa shape index (κ2) is 14.6. The number of piperidine rings is 1. The molecule has 42 heavy (non-hydrogen) atoms. The maximum Gasteiger partial charge on any atom is 0.417 e. The molecule has 0 radical (unpaired) electrons. The zero-order valence-corrected chi connectivity index (χ0v) is 23.2. The summed E-state index contributed by atoms with van der Waals surface area (Å²) in [6.45, 7) is 3.54. The molecule has 1 unspecified atom stereocenters. The van der Waals surface area contributed by atoms with E-state index in [1.54, 1.807) is 6.20 Å². The average Bonchev–Trinajstić information content (AvgIpc) is 3.45. The van der Waals surface area contributed by atoms with Gasteiger partial charge in [-0.3, -0.25) is 9.48 Å². The zero-order valence-electron chi connectivity index (χ0n) is 22.4. The first kappa shape index (κ1) is 32.3. The van der Waals surface area contributed by atoms with Crippen LogP contribution in [0.25, 0.3) is 11.1 Å². The van der Waals surface area contributed by atoms with Crippen LogP contribution < -0.4 is 10.6 Å². The number of carboxylic acid groups (broad SMARTS) is 2. The second-order valence-corrected chi connectivity index (χ2v) is 9.62. The maximum absolute atomic E-state index is 13.3. The van der Waals surface area contributed by atoms with Gasteiger partial charge in [-0.25, -0.2) is 14.6 Å². The van der Waals surface area contributed by atoms with Gasteiger partial charge >= 0.3 is 18.1 Å². The number of hydrogen-bond acceptors (Lipinski definition) is 6. The molecular formula is C28H29ClF3N5O5. The van der Waals surface area contributed by atoms with Crippen molar-refractivity contribution in [1.82, 2.24) is 25.4 Å².